The Bertz CT molecular complexity index is 492. The summed E-state index contributed by atoms with van der Waals surface area (Å²) >= 11 is 0. The van der Waals surface area contributed by atoms with Gasteiger partial charge >= 0.3 is 0 Å². The molecule has 23 heavy (non-hydrogen) atoms. The van der Waals surface area contributed by atoms with Gasteiger partial charge in [-0.05, 0) is 86.4 Å². The molecule has 5 rings (SSSR count). The molecule has 0 N–H and O–H groups in total. The zero-order chi connectivity index (χ0) is 15.2. The molecule has 0 spiro atoms. The van der Waals surface area contributed by atoms with Crippen LogP contribution in [0.4, 0.5) is 0 Å². The van der Waals surface area contributed by atoms with Gasteiger partial charge in [0.1, 0.15) is 5.75 Å². The largest absolute Gasteiger partial charge is 0.497 e. The van der Waals surface area contributed by atoms with Crippen molar-refractivity contribution in [2.24, 2.45) is 23.2 Å². The smallest absolute Gasteiger partial charge is 0.118 e. The minimum Gasteiger partial charge on any atom is -0.497 e. The molecule has 1 aromatic carbocycles. The summed E-state index contributed by atoms with van der Waals surface area (Å²) in [5.74, 6) is 4.12. The molecule has 4 aliphatic rings. The molecule has 0 aliphatic heterocycles. The van der Waals surface area contributed by atoms with Crippen LogP contribution >= 0.6 is 12.4 Å². The lowest BCUT2D eigenvalue weighted by atomic mass is 9.49. The minimum atomic E-state index is 0. The van der Waals surface area contributed by atoms with Crippen LogP contribution in [-0.2, 0) is 6.54 Å². The quantitative estimate of drug-likeness (QED) is 0.768. The van der Waals surface area contributed by atoms with Gasteiger partial charge < -0.3 is 9.64 Å². The van der Waals surface area contributed by atoms with Crippen LogP contribution in [0.5, 0.6) is 5.75 Å². The molecule has 0 heterocycles. The van der Waals surface area contributed by atoms with Crippen LogP contribution in [0, 0.1) is 23.2 Å². The molecule has 0 radical (unpaired) electrons. The Kier molecular flexibility index (Phi) is 4.94. The van der Waals surface area contributed by atoms with Crippen LogP contribution in [0.25, 0.3) is 0 Å². The molecular weight excluding hydrogens is 306 g/mol. The summed E-state index contributed by atoms with van der Waals surface area (Å²) in [5.41, 5.74) is 2.05. The van der Waals surface area contributed by atoms with Crippen LogP contribution in [0.2, 0.25) is 0 Å². The highest BCUT2D eigenvalue weighted by atomic mass is 35.5. The molecular formula is C20H30ClNO. The number of halogens is 1. The zero-order valence-corrected chi connectivity index (χ0v) is 15.3. The Morgan fingerprint density at radius 3 is 2.00 bits per heavy atom. The van der Waals surface area contributed by atoms with Gasteiger partial charge in [-0.3, -0.25) is 0 Å². The third kappa shape index (κ3) is 3.53. The lowest BCUT2D eigenvalue weighted by Gasteiger charge is -2.57. The Balaban J connectivity index is 0.00000156. The van der Waals surface area contributed by atoms with Crippen molar-refractivity contribution in [3.05, 3.63) is 29.8 Å². The number of methoxy groups -OCH3 is 1. The second-order valence-electron chi connectivity index (χ2n) is 8.44. The van der Waals surface area contributed by atoms with Crippen molar-refractivity contribution in [3.63, 3.8) is 0 Å². The van der Waals surface area contributed by atoms with E-state index in [1.807, 2.05) is 0 Å². The number of nitrogens with zero attached hydrogens (tertiary/aromatic N) is 1. The first-order valence-electron chi connectivity index (χ1n) is 8.96. The molecule has 0 amide bonds. The van der Waals surface area contributed by atoms with E-state index in [-0.39, 0.29) is 12.4 Å². The standard InChI is InChI=1S/C20H29NO.ClH/c1-21(13-15-3-5-19(22-2)6-4-15)14-20-10-16-7-17(11-20)9-18(8-16)12-20;/h3-6,16-18H,7-14H2,1-2H3;1H. The number of benzene rings is 1. The molecule has 3 heteroatoms. The van der Waals surface area contributed by atoms with Crippen LogP contribution < -0.4 is 4.74 Å². The van der Waals surface area contributed by atoms with Crippen molar-refractivity contribution in [2.45, 2.75) is 45.1 Å². The lowest BCUT2D eigenvalue weighted by molar-refractivity contribution is -0.0670. The molecule has 0 saturated heterocycles. The summed E-state index contributed by atoms with van der Waals surface area (Å²) < 4.78 is 5.25. The fraction of sp³-hybridized carbons (Fsp3) is 0.700. The maximum Gasteiger partial charge on any atom is 0.118 e. The number of rotatable bonds is 5. The molecule has 4 fully saturated rings. The first kappa shape index (κ1) is 17.1. The molecule has 2 nitrogen and oxygen atoms in total. The SMILES string of the molecule is COc1ccc(CN(C)CC23CC4CC(CC(C4)C2)C3)cc1.Cl. The molecule has 128 valence electrons. The summed E-state index contributed by atoms with van der Waals surface area (Å²) in [4.78, 5) is 2.56. The summed E-state index contributed by atoms with van der Waals surface area (Å²) in [6.45, 7) is 2.36. The first-order valence-corrected chi connectivity index (χ1v) is 8.96. The third-order valence-corrected chi connectivity index (χ3v) is 6.38. The molecule has 0 unspecified atom stereocenters. The second-order valence-corrected chi connectivity index (χ2v) is 8.44. The van der Waals surface area contributed by atoms with Gasteiger partial charge in [0.05, 0.1) is 7.11 Å². The molecule has 4 saturated carbocycles. The number of ether oxygens (including phenoxy) is 1. The summed E-state index contributed by atoms with van der Waals surface area (Å²) in [6, 6.07) is 8.56. The topological polar surface area (TPSA) is 12.5 Å². The van der Waals surface area contributed by atoms with Crippen LogP contribution in [0.3, 0.4) is 0 Å². The Morgan fingerprint density at radius 1 is 1.00 bits per heavy atom. The molecule has 4 aliphatic carbocycles. The van der Waals surface area contributed by atoms with Crippen molar-refractivity contribution >= 4 is 12.4 Å². The van der Waals surface area contributed by atoms with Crippen molar-refractivity contribution < 1.29 is 4.74 Å². The molecule has 1 aromatic rings. The van der Waals surface area contributed by atoms with E-state index in [1.54, 1.807) is 26.4 Å². The predicted octanol–water partition coefficient (Wildman–Crippen LogP) is 4.77. The van der Waals surface area contributed by atoms with Gasteiger partial charge in [-0.15, -0.1) is 12.4 Å². The number of hydrogen-bond donors (Lipinski definition) is 0. The highest BCUT2D eigenvalue weighted by Crippen LogP contribution is 2.60. The third-order valence-electron chi connectivity index (χ3n) is 6.38. The van der Waals surface area contributed by atoms with Crippen molar-refractivity contribution in [3.8, 4) is 5.75 Å². The Morgan fingerprint density at radius 2 is 1.52 bits per heavy atom. The fourth-order valence-electron chi connectivity index (χ4n) is 6.15. The monoisotopic (exact) mass is 335 g/mol. The maximum absolute atomic E-state index is 5.25. The van der Waals surface area contributed by atoms with Crippen LogP contribution in [-0.4, -0.2) is 25.6 Å². The average Bonchev–Trinajstić information content (AvgIpc) is 2.45. The highest BCUT2D eigenvalue weighted by Gasteiger charge is 2.50. The van der Waals surface area contributed by atoms with E-state index in [0.717, 1.165) is 30.0 Å². The first-order chi connectivity index (χ1) is 10.6. The Hall–Kier alpha value is -0.730. The average molecular weight is 336 g/mol. The van der Waals surface area contributed by atoms with Crippen molar-refractivity contribution in [1.82, 2.24) is 4.90 Å². The van der Waals surface area contributed by atoms with E-state index in [4.69, 9.17) is 4.74 Å². The van der Waals surface area contributed by atoms with Gasteiger partial charge in [0.25, 0.3) is 0 Å². The normalized spacial score (nSPS) is 34.5. The molecule has 0 atom stereocenters. The van der Waals surface area contributed by atoms with Gasteiger partial charge in [0.15, 0.2) is 0 Å². The predicted molar refractivity (Wildman–Crippen MR) is 97.2 cm³/mol. The number of hydrogen-bond acceptors (Lipinski definition) is 2. The maximum atomic E-state index is 5.25. The highest BCUT2D eigenvalue weighted by molar-refractivity contribution is 5.85. The molecule has 4 bridgehead atoms. The van der Waals surface area contributed by atoms with Gasteiger partial charge in [0, 0.05) is 13.1 Å². The summed E-state index contributed by atoms with van der Waals surface area (Å²) in [5, 5.41) is 0. The van der Waals surface area contributed by atoms with E-state index < -0.39 is 0 Å². The second kappa shape index (κ2) is 6.64. The van der Waals surface area contributed by atoms with Crippen LogP contribution in [0.15, 0.2) is 24.3 Å². The lowest BCUT2D eigenvalue weighted by Crippen LogP contribution is -2.50. The van der Waals surface area contributed by atoms with E-state index in [2.05, 4.69) is 36.2 Å². The summed E-state index contributed by atoms with van der Waals surface area (Å²) in [7, 11) is 4.04. The fourth-order valence-corrected chi connectivity index (χ4v) is 6.15. The zero-order valence-electron chi connectivity index (χ0n) is 14.5. The molecule has 0 aromatic heterocycles. The van der Waals surface area contributed by atoms with E-state index >= 15 is 0 Å². The van der Waals surface area contributed by atoms with Crippen molar-refractivity contribution in [2.75, 3.05) is 20.7 Å². The van der Waals surface area contributed by atoms with Gasteiger partial charge in [-0.25, -0.2) is 0 Å². The van der Waals surface area contributed by atoms with Gasteiger partial charge in [0.2, 0.25) is 0 Å². The van der Waals surface area contributed by atoms with E-state index in [1.165, 1.54) is 31.4 Å². The van der Waals surface area contributed by atoms with Crippen molar-refractivity contribution in [1.29, 1.82) is 0 Å². The van der Waals surface area contributed by atoms with E-state index in [0.29, 0.717) is 5.41 Å². The van der Waals surface area contributed by atoms with Gasteiger partial charge in [-0.1, -0.05) is 12.1 Å². The minimum absolute atomic E-state index is 0. The summed E-state index contributed by atoms with van der Waals surface area (Å²) in [6.07, 6.45) is 9.15. The Labute approximate surface area is 147 Å². The van der Waals surface area contributed by atoms with Crippen LogP contribution in [0.1, 0.15) is 44.1 Å². The van der Waals surface area contributed by atoms with Gasteiger partial charge in [-0.2, -0.15) is 0 Å². The van der Waals surface area contributed by atoms with E-state index in [9.17, 15) is 0 Å².